The molecule has 148 valence electrons. The monoisotopic (exact) mass is 390 g/mol. The summed E-state index contributed by atoms with van der Waals surface area (Å²) in [5.74, 6) is -2.14. The number of hydrogen-bond acceptors (Lipinski definition) is 6. The second-order valence-corrected chi connectivity index (χ2v) is 6.10. The molecule has 2 aromatic heterocycles. The lowest BCUT2D eigenvalue weighted by molar-refractivity contribution is 0.0695. The molecular formula is C18H19FN4O5. The number of pyridine rings is 2. The van der Waals surface area contributed by atoms with Crippen LogP contribution in [-0.2, 0) is 4.74 Å². The number of halogens is 1. The molecule has 0 bridgehead atoms. The van der Waals surface area contributed by atoms with Gasteiger partial charge in [-0.05, 0) is 13.0 Å². The van der Waals surface area contributed by atoms with Crippen molar-refractivity contribution in [1.82, 2.24) is 14.5 Å². The zero-order chi connectivity index (χ0) is 20.4. The second kappa shape index (κ2) is 7.67. The lowest BCUT2D eigenvalue weighted by atomic mass is 10.2. The predicted molar refractivity (Wildman–Crippen MR) is 100 cm³/mol. The fourth-order valence-corrected chi connectivity index (χ4v) is 3.07. The Labute approximate surface area is 159 Å². The van der Waals surface area contributed by atoms with Crippen molar-refractivity contribution in [2.24, 2.45) is 0 Å². The van der Waals surface area contributed by atoms with Crippen molar-refractivity contribution in [2.75, 3.05) is 37.7 Å². The van der Waals surface area contributed by atoms with E-state index < -0.39 is 28.9 Å². The molecule has 1 amide bonds. The van der Waals surface area contributed by atoms with Crippen molar-refractivity contribution in [1.29, 1.82) is 0 Å². The molecule has 0 aliphatic carbocycles. The fraction of sp³-hybridized carbons (Fsp3) is 0.333. The summed E-state index contributed by atoms with van der Waals surface area (Å²) < 4.78 is 20.9. The van der Waals surface area contributed by atoms with Crippen molar-refractivity contribution in [3.8, 4) is 0 Å². The van der Waals surface area contributed by atoms with Crippen LogP contribution in [0, 0.1) is 5.82 Å². The Balaban J connectivity index is 1.98. The average molecular weight is 390 g/mol. The Kier molecular flexibility index (Phi) is 5.30. The van der Waals surface area contributed by atoms with E-state index in [2.05, 4.69) is 11.6 Å². The number of fused-ring (bicyclic) bond motifs is 1. The van der Waals surface area contributed by atoms with E-state index in [1.807, 2.05) is 0 Å². The minimum Gasteiger partial charge on any atom is -0.477 e. The largest absolute Gasteiger partial charge is 0.477 e. The van der Waals surface area contributed by atoms with Crippen LogP contribution < -0.4 is 10.3 Å². The first kappa shape index (κ1) is 19.3. The first-order valence-corrected chi connectivity index (χ1v) is 8.65. The van der Waals surface area contributed by atoms with Crippen LogP contribution in [0.25, 0.3) is 17.2 Å². The third-order valence-electron chi connectivity index (χ3n) is 4.47. The maximum Gasteiger partial charge on any atom is 0.409 e. The van der Waals surface area contributed by atoms with E-state index in [4.69, 9.17) is 9.84 Å². The number of rotatable bonds is 4. The number of hydrogen-bond donors (Lipinski definition) is 1. The summed E-state index contributed by atoms with van der Waals surface area (Å²) >= 11 is 0. The topological polar surface area (TPSA) is 105 Å². The van der Waals surface area contributed by atoms with Crippen LogP contribution in [0.4, 0.5) is 15.0 Å². The number of carboxylic acid groups (broad SMARTS) is 1. The maximum atomic E-state index is 14.7. The number of amides is 1. The van der Waals surface area contributed by atoms with Gasteiger partial charge in [-0.1, -0.05) is 6.58 Å². The number of carboxylic acids is 1. The first-order valence-electron chi connectivity index (χ1n) is 8.65. The summed E-state index contributed by atoms with van der Waals surface area (Å²) in [6, 6.07) is 0.990. The summed E-state index contributed by atoms with van der Waals surface area (Å²) in [5.41, 5.74) is -1.20. The van der Waals surface area contributed by atoms with Crippen molar-refractivity contribution in [3.63, 3.8) is 0 Å². The zero-order valence-electron chi connectivity index (χ0n) is 15.2. The molecule has 2 aromatic rings. The van der Waals surface area contributed by atoms with Gasteiger partial charge in [-0.3, -0.25) is 4.79 Å². The number of anilines is 1. The molecule has 0 radical (unpaired) electrons. The van der Waals surface area contributed by atoms with Gasteiger partial charge in [0.1, 0.15) is 5.56 Å². The van der Waals surface area contributed by atoms with Crippen molar-refractivity contribution in [2.45, 2.75) is 6.92 Å². The van der Waals surface area contributed by atoms with Gasteiger partial charge in [-0.25, -0.2) is 19.0 Å². The summed E-state index contributed by atoms with van der Waals surface area (Å²) in [7, 11) is 0. The Morgan fingerprint density at radius 3 is 2.61 bits per heavy atom. The number of carbonyl (C=O) groups is 2. The molecule has 0 saturated carbocycles. The molecule has 28 heavy (non-hydrogen) atoms. The predicted octanol–water partition coefficient (Wildman–Crippen LogP) is 1.61. The molecule has 1 fully saturated rings. The van der Waals surface area contributed by atoms with Crippen LogP contribution in [0.5, 0.6) is 0 Å². The molecule has 3 heterocycles. The molecule has 3 rings (SSSR count). The SMILES string of the molecule is C=Cn1cc(C(=O)O)c(=O)c2cc(F)c(N3CCN(C(=O)OCC)CC3)nc21. The second-order valence-electron chi connectivity index (χ2n) is 6.10. The van der Waals surface area contributed by atoms with Gasteiger partial charge < -0.3 is 24.2 Å². The lowest BCUT2D eigenvalue weighted by Crippen LogP contribution is -2.49. The highest BCUT2D eigenvalue weighted by atomic mass is 19.1. The number of aromatic carboxylic acids is 1. The van der Waals surface area contributed by atoms with Crippen LogP contribution in [0.2, 0.25) is 0 Å². The molecule has 0 unspecified atom stereocenters. The molecule has 1 aliphatic rings. The quantitative estimate of drug-likeness (QED) is 0.846. The average Bonchev–Trinajstić information content (AvgIpc) is 2.68. The highest BCUT2D eigenvalue weighted by Gasteiger charge is 2.26. The minimum absolute atomic E-state index is 0.0223. The Bertz CT molecular complexity index is 1010. The van der Waals surface area contributed by atoms with Gasteiger partial charge in [0, 0.05) is 38.6 Å². The number of ether oxygens (including phenoxy) is 1. The van der Waals surface area contributed by atoms with E-state index in [-0.39, 0.29) is 23.5 Å². The van der Waals surface area contributed by atoms with Crippen LogP contribution >= 0.6 is 0 Å². The molecular weight excluding hydrogens is 371 g/mol. The molecule has 1 saturated heterocycles. The molecule has 0 atom stereocenters. The van der Waals surface area contributed by atoms with E-state index >= 15 is 0 Å². The van der Waals surface area contributed by atoms with E-state index in [0.717, 1.165) is 12.3 Å². The number of carbonyl (C=O) groups excluding carboxylic acids is 1. The Morgan fingerprint density at radius 2 is 2.04 bits per heavy atom. The van der Waals surface area contributed by atoms with Gasteiger partial charge in [-0.2, -0.15) is 0 Å². The number of nitrogens with zero attached hydrogens (tertiary/aromatic N) is 4. The van der Waals surface area contributed by atoms with Gasteiger partial charge >= 0.3 is 12.1 Å². The molecule has 0 spiro atoms. The third-order valence-corrected chi connectivity index (χ3v) is 4.47. The molecule has 1 N–H and O–H groups in total. The van der Waals surface area contributed by atoms with Gasteiger partial charge in [0.05, 0.1) is 12.0 Å². The van der Waals surface area contributed by atoms with E-state index in [0.29, 0.717) is 26.2 Å². The Morgan fingerprint density at radius 1 is 1.36 bits per heavy atom. The van der Waals surface area contributed by atoms with E-state index in [1.165, 1.54) is 15.7 Å². The number of piperazine rings is 1. The van der Waals surface area contributed by atoms with Crippen LogP contribution in [-0.4, -0.2) is 64.4 Å². The lowest BCUT2D eigenvalue weighted by Gasteiger charge is -2.34. The fourth-order valence-electron chi connectivity index (χ4n) is 3.07. The third kappa shape index (κ3) is 3.40. The standard InChI is InChI=1S/C18H19FN4O5/c1-3-21-10-12(17(25)26)14(24)11-9-13(19)16(20-15(11)21)22-5-7-23(8-6-22)18(27)28-4-2/h3,9-10H,1,4-8H2,2H3,(H,25,26). The molecule has 1 aliphatic heterocycles. The summed E-state index contributed by atoms with van der Waals surface area (Å²) in [5, 5.41) is 9.02. The molecule has 9 nitrogen and oxygen atoms in total. The van der Waals surface area contributed by atoms with Crippen molar-refractivity contribution in [3.05, 3.63) is 40.4 Å². The van der Waals surface area contributed by atoms with Gasteiger partial charge in [0.15, 0.2) is 17.3 Å². The number of aromatic nitrogens is 2. The van der Waals surface area contributed by atoms with Crippen molar-refractivity contribution < 1.29 is 23.8 Å². The highest BCUT2D eigenvalue weighted by molar-refractivity contribution is 5.92. The summed E-state index contributed by atoms with van der Waals surface area (Å²) in [4.78, 5) is 42.8. The first-order chi connectivity index (χ1) is 13.4. The summed E-state index contributed by atoms with van der Waals surface area (Å²) in [6.45, 7) is 6.92. The molecule has 10 heteroatoms. The van der Waals surface area contributed by atoms with Crippen LogP contribution in [0.3, 0.4) is 0 Å². The van der Waals surface area contributed by atoms with Crippen molar-refractivity contribution >= 4 is 35.1 Å². The normalized spacial score (nSPS) is 14.2. The van der Waals surface area contributed by atoms with Gasteiger partial charge in [0.2, 0.25) is 5.43 Å². The minimum atomic E-state index is -1.41. The zero-order valence-corrected chi connectivity index (χ0v) is 15.2. The Hall–Kier alpha value is -3.43. The van der Waals surface area contributed by atoms with E-state index in [9.17, 15) is 18.8 Å². The highest BCUT2D eigenvalue weighted by Crippen LogP contribution is 2.23. The van der Waals surface area contributed by atoms with Crippen LogP contribution in [0.15, 0.2) is 23.6 Å². The summed E-state index contributed by atoms with van der Waals surface area (Å²) in [6.07, 6.45) is 1.98. The maximum absolute atomic E-state index is 14.7. The van der Waals surface area contributed by atoms with Crippen LogP contribution in [0.1, 0.15) is 17.3 Å². The van der Waals surface area contributed by atoms with Gasteiger partial charge in [0.25, 0.3) is 0 Å². The molecule has 0 aromatic carbocycles. The van der Waals surface area contributed by atoms with E-state index in [1.54, 1.807) is 11.8 Å². The smallest absolute Gasteiger partial charge is 0.409 e. The van der Waals surface area contributed by atoms with Gasteiger partial charge in [-0.15, -0.1) is 0 Å².